The summed E-state index contributed by atoms with van der Waals surface area (Å²) in [5, 5.41) is 25.4. The number of aromatic nitrogens is 2. The van der Waals surface area contributed by atoms with Gasteiger partial charge in [-0.15, -0.1) is 0 Å². The Kier molecular flexibility index (Phi) is 12.2. The molecule has 4 amide bonds. The van der Waals surface area contributed by atoms with Gasteiger partial charge in [0, 0.05) is 18.3 Å². The van der Waals surface area contributed by atoms with Crippen LogP contribution in [0.3, 0.4) is 0 Å². The van der Waals surface area contributed by atoms with Crippen molar-refractivity contribution in [1.29, 1.82) is 0 Å². The van der Waals surface area contributed by atoms with Crippen molar-refractivity contribution in [2.45, 2.75) is 56.3 Å². The van der Waals surface area contributed by atoms with Crippen molar-refractivity contribution >= 4 is 29.6 Å². The van der Waals surface area contributed by atoms with Crippen LogP contribution in [0.1, 0.15) is 31.4 Å². The Labute approximate surface area is 195 Å². The van der Waals surface area contributed by atoms with Gasteiger partial charge >= 0.3 is 5.97 Å². The zero-order valence-corrected chi connectivity index (χ0v) is 18.5. The molecular weight excluding hydrogens is 452 g/mol. The topological polar surface area (TPSA) is 269 Å². The summed E-state index contributed by atoms with van der Waals surface area (Å²) in [6.45, 7) is -0.318. The second-order valence-corrected chi connectivity index (χ2v) is 7.55. The van der Waals surface area contributed by atoms with E-state index >= 15 is 0 Å². The maximum absolute atomic E-state index is 12.9. The van der Waals surface area contributed by atoms with Crippen molar-refractivity contribution in [2.75, 3.05) is 13.2 Å². The largest absolute Gasteiger partial charge is 0.480 e. The van der Waals surface area contributed by atoms with Crippen LogP contribution < -0.4 is 33.2 Å². The third kappa shape index (κ3) is 9.93. The summed E-state index contributed by atoms with van der Waals surface area (Å²) < 4.78 is 0. The zero-order chi connectivity index (χ0) is 25.7. The molecule has 190 valence electrons. The average molecular weight is 485 g/mol. The van der Waals surface area contributed by atoms with Gasteiger partial charge in [-0.1, -0.05) is 0 Å². The number of hydrogen-bond acceptors (Lipinski definition) is 9. The van der Waals surface area contributed by atoms with E-state index in [2.05, 4.69) is 25.9 Å². The van der Waals surface area contributed by atoms with Crippen LogP contribution in [-0.2, 0) is 30.4 Å². The van der Waals surface area contributed by atoms with E-state index in [-0.39, 0.29) is 12.8 Å². The lowest BCUT2D eigenvalue weighted by Gasteiger charge is -2.24. The number of unbranched alkanes of at least 4 members (excludes halogenated alkanes) is 1. The Morgan fingerprint density at radius 1 is 1.00 bits per heavy atom. The molecule has 1 aromatic rings. The fourth-order valence-corrected chi connectivity index (χ4v) is 2.89. The Hall–Kier alpha value is -3.56. The summed E-state index contributed by atoms with van der Waals surface area (Å²) in [6.07, 6.45) is 3.13. The molecule has 1 aromatic heterocycles. The number of hydrogen-bond donors (Lipinski definition) is 9. The summed E-state index contributed by atoms with van der Waals surface area (Å²) in [4.78, 5) is 67.3. The molecule has 0 fully saturated rings. The molecule has 12 N–H and O–H groups in total. The van der Waals surface area contributed by atoms with E-state index in [1.54, 1.807) is 0 Å². The smallest absolute Gasteiger partial charge is 0.326 e. The molecule has 0 saturated carbocycles. The third-order valence-corrected chi connectivity index (χ3v) is 4.75. The number of carboxylic acids is 1. The van der Waals surface area contributed by atoms with Gasteiger partial charge in [-0.05, 0) is 25.8 Å². The number of nitrogens with two attached hydrogens (primary N) is 3. The predicted octanol–water partition coefficient (Wildman–Crippen LogP) is -4.18. The van der Waals surface area contributed by atoms with E-state index in [4.69, 9.17) is 22.3 Å². The van der Waals surface area contributed by atoms with Crippen LogP contribution in [0.2, 0.25) is 0 Å². The number of carboxylic acid groups (broad SMARTS) is 1. The van der Waals surface area contributed by atoms with E-state index < -0.39 is 66.8 Å². The minimum absolute atomic E-state index is 0.0858. The summed E-state index contributed by atoms with van der Waals surface area (Å²) in [7, 11) is 0. The zero-order valence-electron chi connectivity index (χ0n) is 18.5. The molecule has 4 unspecified atom stereocenters. The summed E-state index contributed by atoms with van der Waals surface area (Å²) >= 11 is 0. The van der Waals surface area contributed by atoms with E-state index in [9.17, 15) is 29.1 Å². The number of H-pyrrole nitrogens is 1. The van der Waals surface area contributed by atoms with Crippen LogP contribution in [0.25, 0.3) is 0 Å². The van der Waals surface area contributed by atoms with Gasteiger partial charge in [0.05, 0.1) is 19.4 Å². The van der Waals surface area contributed by atoms with Crippen LogP contribution in [0.4, 0.5) is 0 Å². The van der Waals surface area contributed by atoms with Gasteiger partial charge in [-0.3, -0.25) is 19.2 Å². The highest BCUT2D eigenvalue weighted by atomic mass is 16.4. The Balaban J connectivity index is 3.00. The number of amides is 4. The lowest BCUT2D eigenvalue weighted by atomic mass is 10.1. The molecule has 1 rings (SSSR count). The van der Waals surface area contributed by atoms with Gasteiger partial charge < -0.3 is 48.3 Å². The SMILES string of the molecule is NCCCCC(NC(=O)C(CC(N)=O)NC(=O)C(Cc1cnc[nH]1)NC(=O)C(N)CO)C(=O)O. The third-order valence-electron chi connectivity index (χ3n) is 4.75. The van der Waals surface area contributed by atoms with Crippen LogP contribution >= 0.6 is 0 Å². The highest BCUT2D eigenvalue weighted by Crippen LogP contribution is 2.05. The number of nitrogens with zero attached hydrogens (tertiary/aromatic N) is 1. The number of aliphatic hydroxyl groups is 1. The maximum atomic E-state index is 12.9. The van der Waals surface area contributed by atoms with Crippen LogP contribution in [0, 0.1) is 0 Å². The fraction of sp³-hybridized carbons (Fsp3) is 0.579. The number of aliphatic hydroxyl groups excluding tert-OH is 1. The molecule has 0 aliphatic rings. The number of imidazole rings is 1. The molecule has 34 heavy (non-hydrogen) atoms. The standard InChI is InChI=1S/C19H32N8O7/c20-4-2-1-3-12(19(33)34)25-18(32)14(6-15(22)29)27-17(31)13(5-10-7-23-9-24-10)26-16(30)11(21)8-28/h7,9,11-14,28H,1-6,8,20-21H2,(H2,22,29)(H,23,24)(H,25,32)(H,26,30)(H,27,31)(H,33,34). The minimum atomic E-state index is -1.51. The number of rotatable bonds is 16. The molecule has 1 heterocycles. The molecule has 0 saturated heterocycles. The number of carbonyl (C=O) groups is 5. The van der Waals surface area contributed by atoms with Gasteiger partial charge in [-0.2, -0.15) is 0 Å². The van der Waals surface area contributed by atoms with Gasteiger partial charge in [0.25, 0.3) is 0 Å². The van der Waals surface area contributed by atoms with Crippen LogP contribution in [0.15, 0.2) is 12.5 Å². The summed E-state index contributed by atoms with van der Waals surface area (Å²) in [6, 6.07) is -5.34. The summed E-state index contributed by atoms with van der Waals surface area (Å²) in [5.74, 6) is -4.86. The Morgan fingerprint density at radius 3 is 2.15 bits per heavy atom. The second kappa shape index (κ2) is 14.6. The van der Waals surface area contributed by atoms with Gasteiger partial charge in [-0.25, -0.2) is 9.78 Å². The van der Waals surface area contributed by atoms with Crippen LogP contribution in [0.5, 0.6) is 0 Å². The molecule has 0 spiro atoms. The van der Waals surface area contributed by atoms with Gasteiger partial charge in [0.15, 0.2) is 0 Å². The maximum Gasteiger partial charge on any atom is 0.326 e. The molecule has 4 atom stereocenters. The van der Waals surface area contributed by atoms with Crippen LogP contribution in [-0.4, -0.2) is 87.1 Å². The highest BCUT2D eigenvalue weighted by Gasteiger charge is 2.31. The molecule has 0 aromatic carbocycles. The first-order chi connectivity index (χ1) is 16.1. The molecule has 15 heteroatoms. The molecule has 15 nitrogen and oxygen atoms in total. The summed E-state index contributed by atoms with van der Waals surface area (Å²) in [5.41, 5.74) is 16.5. The number of nitrogens with one attached hydrogen (secondary N) is 4. The first-order valence-corrected chi connectivity index (χ1v) is 10.5. The fourth-order valence-electron chi connectivity index (χ4n) is 2.89. The predicted molar refractivity (Wildman–Crippen MR) is 117 cm³/mol. The van der Waals surface area contributed by atoms with Crippen molar-refractivity contribution in [2.24, 2.45) is 17.2 Å². The number of aliphatic carboxylic acids is 1. The van der Waals surface area contributed by atoms with Crippen molar-refractivity contribution < 1.29 is 34.2 Å². The lowest BCUT2D eigenvalue weighted by Crippen LogP contribution is -2.58. The molecule has 0 aliphatic heterocycles. The van der Waals surface area contributed by atoms with E-state index in [1.165, 1.54) is 12.5 Å². The first-order valence-electron chi connectivity index (χ1n) is 10.5. The van der Waals surface area contributed by atoms with E-state index in [0.29, 0.717) is 25.1 Å². The molecule has 0 radical (unpaired) electrons. The first kappa shape index (κ1) is 28.5. The van der Waals surface area contributed by atoms with Crippen molar-refractivity contribution in [3.05, 3.63) is 18.2 Å². The molecule has 0 bridgehead atoms. The second-order valence-electron chi connectivity index (χ2n) is 7.55. The van der Waals surface area contributed by atoms with E-state index in [0.717, 1.165) is 0 Å². The Bertz CT molecular complexity index is 833. The molecule has 0 aliphatic carbocycles. The number of aromatic amines is 1. The quantitative estimate of drug-likeness (QED) is 0.102. The average Bonchev–Trinajstić information content (AvgIpc) is 3.29. The minimum Gasteiger partial charge on any atom is -0.480 e. The lowest BCUT2D eigenvalue weighted by molar-refractivity contribution is -0.142. The van der Waals surface area contributed by atoms with Crippen molar-refractivity contribution in [3.8, 4) is 0 Å². The van der Waals surface area contributed by atoms with Crippen molar-refractivity contribution in [1.82, 2.24) is 25.9 Å². The normalized spacial score (nSPS) is 14.3. The monoisotopic (exact) mass is 484 g/mol. The van der Waals surface area contributed by atoms with Gasteiger partial charge in [0.1, 0.15) is 24.2 Å². The highest BCUT2D eigenvalue weighted by molar-refractivity contribution is 5.96. The van der Waals surface area contributed by atoms with Gasteiger partial charge in [0.2, 0.25) is 23.6 Å². The molecular formula is C19H32N8O7. The Morgan fingerprint density at radius 2 is 1.62 bits per heavy atom. The van der Waals surface area contributed by atoms with E-state index in [1.807, 2.05) is 0 Å². The number of primary amides is 1. The number of carbonyl (C=O) groups excluding carboxylic acids is 4. The van der Waals surface area contributed by atoms with Crippen molar-refractivity contribution in [3.63, 3.8) is 0 Å².